The summed E-state index contributed by atoms with van der Waals surface area (Å²) in [5.74, 6) is 0.676. The molecule has 2 saturated heterocycles. The standard InChI is InChI=1S/C21H23N3O2/c1-23-19-8-3-2-7-18(19)22-20(23)16-5-4-6-17(15-16)24-11-9-21(10-12-24)25-13-14-26-21/h2-8,15H,9-14H2,1H3. The Morgan fingerprint density at radius 3 is 2.50 bits per heavy atom. The molecule has 0 N–H and O–H groups in total. The quantitative estimate of drug-likeness (QED) is 0.709. The van der Waals surface area contributed by atoms with Crippen molar-refractivity contribution in [2.75, 3.05) is 31.2 Å². The SMILES string of the molecule is Cn1c(-c2cccc(N3CCC4(CC3)OCCO4)c2)nc2ccccc21. The molecule has 134 valence electrons. The maximum absolute atomic E-state index is 5.85. The van der Waals surface area contributed by atoms with Gasteiger partial charge in [0.1, 0.15) is 5.82 Å². The summed E-state index contributed by atoms with van der Waals surface area (Å²) >= 11 is 0. The minimum atomic E-state index is -0.328. The van der Waals surface area contributed by atoms with E-state index in [4.69, 9.17) is 14.5 Å². The van der Waals surface area contributed by atoms with Crippen molar-refractivity contribution in [2.45, 2.75) is 18.6 Å². The molecule has 0 unspecified atom stereocenters. The van der Waals surface area contributed by atoms with Crippen LogP contribution in [0, 0.1) is 0 Å². The van der Waals surface area contributed by atoms with Crippen LogP contribution in [0.1, 0.15) is 12.8 Å². The zero-order valence-electron chi connectivity index (χ0n) is 15.0. The number of anilines is 1. The second-order valence-corrected chi connectivity index (χ2v) is 7.13. The van der Waals surface area contributed by atoms with Crippen LogP contribution in [0.25, 0.3) is 22.4 Å². The number of ether oxygens (including phenoxy) is 2. The summed E-state index contributed by atoms with van der Waals surface area (Å²) in [7, 11) is 2.08. The third kappa shape index (κ3) is 2.59. The van der Waals surface area contributed by atoms with Crippen LogP contribution in [-0.4, -0.2) is 41.6 Å². The number of nitrogens with zero attached hydrogens (tertiary/aromatic N) is 3. The lowest BCUT2D eigenvalue weighted by Gasteiger charge is -2.38. The van der Waals surface area contributed by atoms with Gasteiger partial charge in [0.25, 0.3) is 0 Å². The minimum absolute atomic E-state index is 0.328. The molecule has 2 aliphatic rings. The average molecular weight is 349 g/mol. The van der Waals surface area contributed by atoms with Crippen molar-refractivity contribution in [3.8, 4) is 11.4 Å². The van der Waals surface area contributed by atoms with E-state index in [-0.39, 0.29) is 5.79 Å². The maximum atomic E-state index is 5.85. The van der Waals surface area contributed by atoms with E-state index < -0.39 is 0 Å². The van der Waals surface area contributed by atoms with Crippen molar-refractivity contribution >= 4 is 16.7 Å². The number of rotatable bonds is 2. The van der Waals surface area contributed by atoms with Crippen molar-refractivity contribution in [1.29, 1.82) is 0 Å². The first-order chi connectivity index (χ1) is 12.7. The number of para-hydroxylation sites is 2. The Kier molecular flexibility index (Phi) is 3.72. The second-order valence-electron chi connectivity index (χ2n) is 7.13. The summed E-state index contributed by atoms with van der Waals surface area (Å²) in [4.78, 5) is 7.25. The van der Waals surface area contributed by atoms with Gasteiger partial charge < -0.3 is 18.9 Å². The predicted octanol–water partition coefficient (Wildman–Crippen LogP) is 3.58. The van der Waals surface area contributed by atoms with E-state index in [0.29, 0.717) is 0 Å². The van der Waals surface area contributed by atoms with Crippen molar-refractivity contribution in [3.05, 3.63) is 48.5 Å². The first-order valence-electron chi connectivity index (χ1n) is 9.29. The number of aromatic nitrogens is 2. The zero-order chi connectivity index (χ0) is 17.6. The first kappa shape index (κ1) is 15.9. The fraction of sp³-hybridized carbons (Fsp3) is 0.381. The van der Waals surface area contributed by atoms with E-state index in [2.05, 4.69) is 59.0 Å². The summed E-state index contributed by atoms with van der Waals surface area (Å²) in [6.45, 7) is 3.35. The Labute approximate surface area is 153 Å². The molecule has 0 aliphatic carbocycles. The Morgan fingerprint density at radius 1 is 0.962 bits per heavy atom. The normalized spacial score (nSPS) is 19.5. The first-order valence-corrected chi connectivity index (χ1v) is 9.29. The third-order valence-corrected chi connectivity index (χ3v) is 5.60. The van der Waals surface area contributed by atoms with Gasteiger partial charge in [0.05, 0.1) is 24.2 Å². The van der Waals surface area contributed by atoms with E-state index in [0.717, 1.165) is 61.6 Å². The largest absolute Gasteiger partial charge is 0.371 e. The Hall–Kier alpha value is -2.37. The lowest BCUT2D eigenvalue weighted by atomic mass is 10.0. The molecule has 0 radical (unpaired) electrons. The van der Waals surface area contributed by atoms with Crippen LogP contribution in [0.4, 0.5) is 5.69 Å². The molecule has 0 atom stereocenters. The third-order valence-electron chi connectivity index (χ3n) is 5.60. The van der Waals surface area contributed by atoms with Crippen LogP contribution in [0.15, 0.2) is 48.5 Å². The average Bonchev–Trinajstić information content (AvgIpc) is 3.28. The zero-order valence-corrected chi connectivity index (χ0v) is 15.0. The molecule has 0 saturated carbocycles. The van der Waals surface area contributed by atoms with Crippen LogP contribution in [0.3, 0.4) is 0 Å². The Morgan fingerprint density at radius 2 is 1.73 bits per heavy atom. The van der Waals surface area contributed by atoms with Crippen LogP contribution in [0.2, 0.25) is 0 Å². The molecule has 0 amide bonds. The number of hydrogen-bond acceptors (Lipinski definition) is 4. The number of fused-ring (bicyclic) bond motifs is 1. The topological polar surface area (TPSA) is 39.5 Å². The van der Waals surface area contributed by atoms with E-state index in [9.17, 15) is 0 Å². The molecule has 5 rings (SSSR count). The highest BCUT2D eigenvalue weighted by Crippen LogP contribution is 2.34. The maximum Gasteiger partial charge on any atom is 0.171 e. The summed E-state index contributed by atoms with van der Waals surface area (Å²) in [5, 5.41) is 0. The molecule has 26 heavy (non-hydrogen) atoms. The summed E-state index contributed by atoms with van der Waals surface area (Å²) in [6, 6.07) is 17.0. The van der Waals surface area contributed by atoms with Gasteiger partial charge >= 0.3 is 0 Å². The summed E-state index contributed by atoms with van der Waals surface area (Å²) in [5.41, 5.74) is 4.58. The van der Waals surface area contributed by atoms with Gasteiger partial charge in [-0.2, -0.15) is 0 Å². The highest BCUT2D eigenvalue weighted by molar-refractivity contribution is 5.81. The van der Waals surface area contributed by atoms with Crippen molar-refractivity contribution in [1.82, 2.24) is 9.55 Å². The second kappa shape index (κ2) is 6.11. The lowest BCUT2D eigenvalue weighted by Crippen LogP contribution is -2.45. The van der Waals surface area contributed by atoms with E-state index in [1.807, 2.05) is 6.07 Å². The fourth-order valence-electron chi connectivity index (χ4n) is 4.14. The van der Waals surface area contributed by atoms with E-state index in [1.165, 1.54) is 5.69 Å². The number of imidazole rings is 1. The molecule has 3 aromatic rings. The molecule has 2 aromatic carbocycles. The highest BCUT2D eigenvalue weighted by Gasteiger charge is 2.39. The number of benzene rings is 2. The monoisotopic (exact) mass is 349 g/mol. The van der Waals surface area contributed by atoms with Crippen molar-refractivity contribution < 1.29 is 9.47 Å². The Balaban J connectivity index is 1.43. The lowest BCUT2D eigenvalue weighted by molar-refractivity contribution is -0.169. The van der Waals surface area contributed by atoms with Gasteiger partial charge in [0, 0.05) is 44.2 Å². The summed E-state index contributed by atoms with van der Waals surface area (Å²) < 4.78 is 13.9. The molecule has 1 aromatic heterocycles. The number of piperidine rings is 1. The molecule has 1 spiro atoms. The molecule has 2 aliphatic heterocycles. The van der Waals surface area contributed by atoms with E-state index in [1.54, 1.807) is 0 Å². The number of aryl methyl sites for hydroxylation is 1. The molecule has 0 bridgehead atoms. The minimum Gasteiger partial charge on any atom is -0.371 e. The number of hydrogen-bond donors (Lipinski definition) is 0. The predicted molar refractivity (Wildman–Crippen MR) is 102 cm³/mol. The van der Waals surface area contributed by atoms with Crippen LogP contribution in [0.5, 0.6) is 0 Å². The molecule has 2 fully saturated rings. The highest BCUT2D eigenvalue weighted by atomic mass is 16.7. The van der Waals surface area contributed by atoms with Crippen LogP contribution < -0.4 is 4.90 Å². The molecular weight excluding hydrogens is 326 g/mol. The molecular formula is C21H23N3O2. The van der Waals surface area contributed by atoms with Gasteiger partial charge in [-0.1, -0.05) is 24.3 Å². The van der Waals surface area contributed by atoms with Gasteiger partial charge in [-0.25, -0.2) is 4.98 Å². The van der Waals surface area contributed by atoms with E-state index >= 15 is 0 Å². The smallest absolute Gasteiger partial charge is 0.171 e. The van der Waals surface area contributed by atoms with Gasteiger partial charge in [-0.15, -0.1) is 0 Å². The van der Waals surface area contributed by atoms with Crippen LogP contribution >= 0.6 is 0 Å². The van der Waals surface area contributed by atoms with Gasteiger partial charge in [-0.3, -0.25) is 0 Å². The molecule has 5 nitrogen and oxygen atoms in total. The van der Waals surface area contributed by atoms with Crippen molar-refractivity contribution in [3.63, 3.8) is 0 Å². The van der Waals surface area contributed by atoms with Gasteiger partial charge in [0.15, 0.2) is 5.79 Å². The van der Waals surface area contributed by atoms with Crippen molar-refractivity contribution in [2.24, 2.45) is 7.05 Å². The van der Waals surface area contributed by atoms with Gasteiger partial charge in [0.2, 0.25) is 0 Å². The van der Waals surface area contributed by atoms with Crippen LogP contribution in [-0.2, 0) is 16.5 Å². The van der Waals surface area contributed by atoms with Gasteiger partial charge in [-0.05, 0) is 24.3 Å². The Bertz CT molecular complexity index is 933. The molecule has 5 heteroatoms. The fourth-order valence-corrected chi connectivity index (χ4v) is 4.14. The molecule has 3 heterocycles. The summed E-state index contributed by atoms with van der Waals surface area (Å²) in [6.07, 6.45) is 1.84.